The van der Waals surface area contributed by atoms with Gasteiger partial charge in [0.1, 0.15) is 0 Å². The number of aldehydes is 1. The van der Waals surface area contributed by atoms with Crippen molar-refractivity contribution < 1.29 is 4.79 Å². The maximum Gasteiger partial charge on any atom is 0.193 e. The largest absolute Gasteiger partial charge is 0.360 e. The fourth-order valence-electron chi connectivity index (χ4n) is 1.07. The average Bonchev–Trinajstić information content (AvgIpc) is 2.71. The average molecular weight is 173 g/mol. The molecule has 2 rings (SSSR count). The van der Waals surface area contributed by atoms with Crippen molar-refractivity contribution in [2.24, 2.45) is 0 Å². The van der Waals surface area contributed by atoms with Crippen molar-refractivity contribution >= 4 is 6.29 Å². The molecular weight excluding hydrogens is 166 g/mol. The highest BCUT2D eigenvalue weighted by molar-refractivity contribution is 5.70. The van der Waals surface area contributed by atoms with Crippen LogP contribution in [0.5, 0.6) is 0 Å². The smallest absolute Gasteiger partial charge is 0.193 e. The van der Waals surface area contributed by atoms with Crippen molar-refractivity contribution in [2.45, 2.75) is 0 Å². The minimum absolute atomic E-state index is 0.201. The fourth-order valence-corrected chi connectivity index (χ4v) is 1.07. The van der Waals surface area contributed by atoms with Crippen molar-refractivity contribution in [1.82, 2.24) is 15.0 Å². The molecule has 2 aromatic rings. The second-order valence-electron chi connectivity index (χ2n) is 2.50. The van der Waals surface area contributed by atoms with Crippen LogP contribution in [0.25, 0.3) is 11.4 Å². The van der Waals surface area contributed by atoms with Gasteiger partial charge in [-0.05, 0) is 18.2 Å². The summed E-state index contributed by atoms with van der Waals surface area (Å²) in [5, 5.41) is 0. The van der Waals surface area contributed by atoms with Crippen LogP contribution in [0.1, 0.15) is 10.6 Å². The van der Waals surface area contributed by atoms with Gasteiger partial charge in [0, 0.05) is 12.4 Å². The van der Waals surface area contributed by atoms with Gasteiger partial charge in [0.2, 0.25) is 0 Å². The molecule has 13 heavy (non-hydrogen) atoms. The molecule has 0 aromatic carbocycles. The number of aromatic nitrogens is 3. The lowest BCUT2D eigenvalue weighted by atomic mass is 10.3. The number of nitrogens with one attached hydrogen (secondary N) is 1. The molecule has 0 aliphatic carbocycles. The lowest BCUT2D eigenvalue weighted by molar-refractivity contribution is 0.111. The zero-order valence-corrected chi connectivity index (χ0v) is 6.77. The number of hydrogen-bond acceptors (Lipinski definition) is 3. The number of nitrogens with zero attached hydrogens (tertiary/aromatic N) is 2. The molecule has 2 heterocycles. The molecule has 4 nitrogen and oxygen atoms in total. The van der Waals surface area contributed by atoms with Crippen molar-refractivity contribution in [1.29, 1.82) is 0 Å². The Labute approximate surface area is 74.7 Å². The second kappa shape index (κ2) is 3.18. The summed E-state index contributed by atoms with van der Waals surface area (Å²) < 4.78 is 0. The van der Waals surface area contributed by atoms with Gasteiger partial charge in [-0.1, -0.05) is 0 Å². The summed E-state index contributed by atoms with van der Waals surface area (Å²) in [5.74, 6) is 0.201. The summed E-state index contributed by atoms with van der Waals surface area (Å²) in [4.78, 5) is 21.2. The van der Waals surface area contributed by atoms with E-state index in [1.54, 1.807) is 18.5 Å². The zero-order valence-electron chi connectivity index (χ0n) is 6.77. The molecule has 0 aliphatic heterocycles. The first-order valence-corrected chi connectivity index (χ1v) is 3.82. The first-order valence-electron chi connectivity index (χ1n) is 3.82. The Morgan fingerprint density at radius 2 is 2.31 bits per heavy atom. The van der Waals surface area contributed by atoms with Crippen molar-refractivity contribution in [3.8, 4) is 11.4 Å². The van der Waals surface area contributed by atoms with E-state index in [1.165, 1.54) is 0 Å². The van der Waals surface area contributed by atoms with Gasteiger partial charge in [0.15, 0.2) is 12.1 Å². The van der Waals surface area contributed by atoms with Gasteiger partial charge in [-0.3, -0.25) is 4.79 Å². The highest BCUT2D eigenvalue weighted by atomic mass is 16.1. The summed E-state index contributed by atoms with van der Waals surface area (Å²) >= 11 is 0. The van der Waals surface area contributed by atoms with E-state index in [2.05, 4.69) is 15.0 Å². The second-order valence-corrected chi connectivity index (χ2v) is 2.50. The molecule has 0 saturated carbocycles. The van der Waals surface area contributed by atoms with Crippen LogP contribution in [0.4, 0.5) is 0 Å². The number of H-pyrrole nitrogens is 1. The van der Waals surface area contributed by atoms with E-state index < -0.39 is 0 Å². The molecule has 64 valence electrons. The zero-order chi connectivity index (χ0) is 9.10. The van der Waals surface area contributed by atoms with E-state index in [1.807, 2.05) is 12.1 Å². The molecule has 0 saturated heterocycles. The summed E-state index contributed by atoms with van der Waals surface area (Å²) in [6.45, 7) is 0. The Morgan fingerprint density at radius 3 is 3.00 bits per heavy atom. The van der Waals surface area contributed by atoms with Crippen LogP contribution in [-0.4, -0.2) is 21.2 Å². The van der Waals surface area contributed by atoms with Gasteiger partial charge in [-0.15, -0.1) is 0 Å². The van der Waals surface area contributed by atoms with Crippen LogP contribution in [0.15, 0.2) is 30.6 Å². The molecule has 1 N–H and O–H groups in total. The van der Waals surface area contributed by atoms with Gasteiger partial charge in [-0.2, -0.15) is 0 Å². The van der Waals surface area contributed by atoms with Crippen LogP contribution >= 0.6 is 0 Å². The molecule has 4 heteroatoms. The predicted molar refractivity (Wildman–Crippen MR) is 47.2 cm³/mol. The Bertz CT molecular complexity index is 409. The topological polar surface area (TPSA) is 58.6 Å². The van der Waals surface area contributed by atoms with Crippen molar-refractivity contribution in [2.75, 3.05) is 0 Å². The maximum atomic E-state index is 10.4. The van der Waals surface area contributed by atoms with E-state index in [4.69, 9.17) is 0 Å². The van der Waals surface area contributed by atoms with Crippen LogP contribution in [-0.2, 0) is 0 Å². The molecule has 0 unspecified atom stereocenters. The van der Waals surface area contributed by atoms with Gasteiger partial charge in [-0.25, -0.2) is 9.97 Å². The van der Waals surface area contributed by atoms with Gasteiger partial charge in [0.25, 0.3) is 0 Å². The minimum Gasteiger partial charge on any atom is -0.360 e. The Hall–Kier alpha value is -1.97. The first-order chi connectivity index (χ1) is 6.40. The van der Waals surface area contributed by atoms with E-state index >= 15 is 0 Å². The highest BCUT2D eigenvalue weighted by Gasteiger charge is 2.00. The summed E-state index contributed by atoms with van der Waals surface area (Å²) in [6, 6.07) is 5.51. The molecule has 0 aliphatic rings. The quantitative estimate of drug-likeness (QED) is 0.696. The normalized spacial score (nSPS) is 9.85. The molecule has 0 spiro atoms. The monoisotopic (exact) mass is 173 g/mol. The molecule has 0 fully saturated rings. The molecule has 0 bridgehead atoms. The van der Waals surface area contributed by atoms with E-state index in [0.717, 1.165) is 11.4 Å². The molecule has 0 atom stereocenters. The summed E-state index contributed by atoms with van der Waals surface area (Å²) in [5.41, 5.74) is 1.60. The SMILES string of the molecule is O=Cc1nccc(-c2ccc[nH]2)n1. The molecule has 2 aromatic heterocycles. The van der Waals surface area contributed by atoms with Crippen LogP contribution in [0.3, 0.4) is 0 Å². The number of carbonyl (C=O) groups is 1. The van der Waals surface area contributed by atoms with E-state index in [-0.39, 0.29) is 5.82 Å². The minimum atomic E-state index is 0.201. The van der Waals surface area contributed by atoms with E-state index in [0.29, 0.717) is 6.29 Å². The third-order valence-electron chi connectivity index (χ3n) is 1.65. The number of carbonyl (C=O) groups excluding carboxylic acids is 1. The number of rotatable bonds is 2. The fraction of sp³-hybridized carbons (Fsp3) is 0. The highest BCUT2D eigenvalue weighted by Crippen LogP contribution is 2.12. The Morgan fingerprint density at radius 1 is 1.38 bits per heavy atom. The summed E-state index contributed by atoms with van der Waals surface area (Å²) in [6.07, 6.45) is 4.00. The van der Waals surface area contributed by atoms with Crippen molar-refractivity contribution in [3.05, 3.63) is 36.4 Å². The maximum absolute atomic E-state index is 10.4. The third-order valence-corrected chi connectivity index (χ3v) is 1.65. The molecular formula is C9H7N3O. The lowest BCUT2D eigenvalue weighted by Crippen LogP contribution is -1.93. The Kier molecular flexibility index (Phi) is 1.88. The van der Waals surface area contributed by atoms with E-state index in [9.17, 15) is 4.79 Å². The van der Waals surface area contributed by atoms with Gasteiger partial charge in [0.05, 0.1) is 11.4 Å². The predicted octanol–water partition coefficient (Wildman–Crippen LogP) is 1.28. The van der Waals surface area contributed by atoms with Crippen LogP contribution < -0.4 is 0 Å². The van der Waals surface area contributed by atoms with Gasteiger partial charge >= 0.3 is 0 Å². The van der Waals surface area contributed by atoms with Crippen molar-refractivity contribution in [3.63, 3.8) is 0 Å². The van der Waals surface area contributed by atoms with Crippen LogP contribution in [0, 0.1) is 0 Å². The molecule has 0 amide bonds. The summed E-state index contributed by atoms with van der Waals surface area (Å²) in [7, 11) is 0. The lowest BCUT2D eigenvalue weighted by Gasteiger charge is -1.95. The van der Waals surface area contributed by atoms with Gasteiger partial charge < -0.3 is 4.98 Å². The number of aromatic amines is 1. The third kappa shape index (κ3) is 1.46. The van der Waals surface area contributed by atoms with Crippen LogP contribution in [0.2, 0.25) is 0 Å². The standard InChI is InChI=1S/C9H7N3O/c13-6-9-11-5-3-8(12-9)7-2-1-4-10-7/h1-6,10H. The molecule has 0 radical (unpaired) electrons. The number of hydrogen-bond donors (Lipinski definition) is 1. The Balaban J connectivity index is 2.47. The first kappa shape index (κ1) is 7.67.